The van der Waals surface area contributed by atoms with E-state index < -0.39 is 11.3 Å². The summed E-state index contributed by atoms with van der Waals surface area (Å²) >= 11 is 5.28. The predicted octanol–water partition coefficient (Wildman–Crippen LogP) is 1.44. The van der Waals surface area contributed by atoms with Crippen molar-refractivity contribution < 1.29 is 14.3 Å². The van der Waals surface area contributed by atoms with Crippen molar-refractivity contribution in [1.29, 1.82) is 0 Å². The molecule has 86 valence electrons. The zero-order valence-electron chi connectivity index (χ0n) is 8.61. The Labute approximate surface area is 98.3 Å². The van der Waals surface area contributed by atoms with Gasteiger partial charge in [0.1, 0.15) is 0 Å². The Bertz CT molecular complexity index is 408. The number of nitrogens with two attached hydrogens (primary N) is 1. The second kappa shape index (κ2) is 4.72. The molecule has 16 heavy (non-hydrogen) atoms. The minimum atomic E-state index is -0.605. The average Bonchev–Trinajstić information content (AvgIpc) is 2.72. The van der Waals surface area contributed by atoms with E-state index in [1.807, 2.05) is 18.2 Å². The number of carbonyl (C=O) groups is 1. The van der Waals surface area contributed by atoms with E-state index in [1.54, 1.807) is 0 Å². The lowest BCUT2D eigenvalue weighted by Gasteiger charge is -2.06. The first-order valence-electron chi connectivity index (χ1n) is 5.00. The molecule has 2 rings (SSSR count). The van der Waals surface area contributed by atoms with Crippen molar-refractivity contribution in [2.75, 3.05) is 6.79 Å². The van der Waals surface area contributed by atoms with Gasteiger partial charge in [0.05, 0.1) is 6.04 Å². The number of halogens is 1. The average molecular weight is 242 g/mol. The molecule has 0 aliphatic carbocycles. The van der Waals surface area contributed by atoms with Gasteiger partial charge in [0.25, 0.3) is 0 Å². The number of rotatable bonds is 4. The van der Waals surface area contributed by atoms with E-state index in [1.165, 1.54) is 0 Å². The summed E-state index contributed by atoms with van der Waals surface area (Å²) in [6.07, 6.45) is 1.22. The third-order valence-electron chi connectivity index (χ3n) is 2.47. The SMILES string of the molecule is NC(CCc1ccc2c(c1)OCO2)C(=O)Cl. The number of carbonyl (C=O) groups excluding carboxylic acids is 1. The monoisotopic (exact) mass is 241 g/mol. The molecule has 0 fully saturated rings. The van der Waals surface area contributed by atoms with Crippen LogP contribution in [-0.4, -0.2) is 18.1 Å². The molecule has 1 heterocycles. The molecule has 1 aliphatic rings. The molecule has 0 bridgehead atoms. The van der Waals surface area contributed by atoms with Crippen LogP contribution >= 0.6 is 11.6 Å². The molecule has 0 saturated carbocycles. The van der Waals surface area contributed by atoms with Gasteiger partial charge >= 0.3 is 0 Å². The molecule has 0 radical (unpaired) electrons. The lowest BCUT2D eigenvalue weighted by atomic mass is 10.1. The Kier molecular flexibility index (Phi) is 3.31. The molecule has 0 aromatic heterocycles. The topological polar surface area (TPSA) is 61.6 Å². The van der Waals surface area contributed by atoms with Crippen LogP contribution in [0.4, 0.5) is 0 Å². The Morgan fingerprint density at radius 2 is 2.19 bits per heavy atom. The van der Waals surface area contributed by atoms with E-state index in [9.17, 15) is 4.79 Å². The van der Waals surface area contributed by atoms with Crippen molar-refractivity contribution in [2.24, 2.45) is 5.73 Å². The van der Waals surface area contributed by atoms with Crippen molar-refractivity contribution in [2.45, 2.75) is 18.9 Å². The molecular weight excluding hydrogens is 230 g/mol. The fraction of sp³-hybridized carbons (Fsp3) is 0.364. The highest BCUT2D eigenvalue weighted by atomic mass is 35.5. The van der Waals surface area contributed by atoms with Crippen LogP contribution in [0.25, 0.3) is 0 Å². The van der Waals surface area contributed by atoms with Gasteiger partial charge in [-0.3, -0.25) is 4.79 Å². The van der Waals surface area contributed by atoms with E-state index in [4.69, 9.17) is 26.8 Å². The molecule has 1 atom stereocenters. The highest BCUT2D eigenvalue weighted by Crippen LogP contribution is 2.32. The highest BCUT2D eigenvalue weighted by molar-refractivity contribution is 6.64. The minimum absolute atomic E-state index is 0.262. The smallest absolute Gasteiger partial charge is 0.238 e. The maximum absolute atomic E-state index is 10.7. The Balaban J connectivity index is 1.98. The maximum atomic E-state index is 10.7. The van der Waals surface area contributed by atoms with Crippen molar-refractivity contribution >= 4 is 16.8 Å². The number of hydrogen-bond acceptors (Lipinski definition) is 4. The summed E-state index contributed by atoms with van der Waals surface area (Å²) in [7, 11) is 0. The summed E-state index contributed by atoms with van der Waals surface area (Å²) in [5.74, 6) is 1.49. The second-order valence-corrected chi connectivity index (χ2v) is 4.01. The molecule has 2 N–H and O–H groups in total. The fourth-order valence-corrected chi connectivity index (χ4v) is 1.64. The lowest BCUT2D eigenvalue weighted by Crippen LogP contribution is -2.27. The van der Waals surface area contributed by atoms with Gasteiger partial charge in [-0.1, -0.05) is 6.07 Å². The van der Waals surface area contributed by atoms with Gasteiger partial charge in [-0.2, -0.15) is 0 Å². The Morgan fingerprint density at radius 3 is 2.94 bits per heavy atom. The largest absolute Gasteiger partial charge is 0.454 e. The highest BCUT2D eigenvalue weighted by Gasteiger charge is 2.14. The normalized spacial score (nSPS) is 14.9. The second-order valence-electron chi connectivity index (χ2n) is 3.64. The molecule has 0 amide bonds. The lowest BCUT2D eigenvalue weighted by molar-refractivity contribution is -0.112. The molecule has 1 aromatic carbocycles. The fourth-order valence-electron chi connectivity index (χ4n) is 1.53. The van der Waals surface area contributed by atoms with Gasteiger partial charge in [0.15, 0.2) is 11.5 Å². The van der Waals surface area contributed by atoms with Crippen molar-refractivity contribution in [3.8, 4) is 11.5 Å². The van der Waals surface area contributed by atoms with E-state index in [2.05, 4.69) is 0 Å². The molecule has 4 nitrogen and oxygen atoms in total. The summed E-state index contributed by atoms with van der Waals surface area (Å²) < 4.78 is 10.4. The summed E-state index contributed by atoms with van der Waals surface area (Å²) in [5.41, 5.74) is 6.59. The van der Waals surface area contributed by atoms with Crippen molar-refractivity contribution in [3.05, 3.63) is 23.8 Å². The van der Waals surface area contributed by atoms with Crippen LogP contribution < -0.4 is 15.2 Å². The number of hydrogen-bond donors (Lipinski definition) is 1. The zero-order valence-corrected chi connectivity index (χ0v) is 9.37. The quantitative estimate of drug-likeness (QED) is 0.811. The van der Waals surface area contributed by atoms with Crippen LogP contribution in [0.15, 0.2) is 18.2 Å². The maximum Gasteiger partial charge on any atom is 0.238 e. The summed E-state index contributed by atoms with van der Waals surface area (Å²) in [4.78, 5) is 10.7. The van der Waals surface area contributed by atoms with E-state index in [0.29, 0.717) is 12.8 Å². The summed E-state index contributed by atoms with van der Waals surface area (Å²) in [6, 6.07) is 5.07. The molecule has 0 spiro atoms. The molecule has 1 unspecified atom stereocenters. The molecule has 0 saturated heterocycles. The minimum Gasteiger partial charge on any atom is -0.454 e. The Morgan fingerprint density at radius 1 is 1.44 bits per heavy atom. The molecular formula is C11H12ClNO3. The van der Waals surface area contributed by atoms with Gasteiger partial charge < -0.3 is 15.2 Å². The van der Waals surface area contributed by atoms with E-state index in [-0.39, 0.29) is 6.79 Å². The van der Waals surface area contributed by atoms with Crippen LogP contribution in [0.2, 0.25) is 0 Å². The van der Waals surface area contributed by atoms with Crippen LogP contribution in [0.5, 0.6) is 11.5 Å². The van der Waals surface area contributed by atoms with E-state index >= 15 is 0 Å². The molecule has 1 aliphatic heterocycles. The molecule has 1 aromatic rings. The third-order valence-corrected chi connectivity index (χ3v) is 2.75. The van der Waals surface area contributed by atoms with E-state index in [0.717, 1.165) is 17.1 Å². The standard InChI is InChI=1S/C11H12ClNO3/c12-11(14)8(13)3-1-7-2-4-9-10(5-7)16-6-15-9/h2,4-5,8H,1,3,6,13H2. The number of aryl methyl sites for hydroxylation is 1. The van der Waals surface area contributed by atoms with Crippen LogP contribution in [0, 0.1) is 0 Å². The first-order chi connectivity index (χ1) is 7.66. The zero-order chi connectivity index (χ0) is 11.5. The Hall–Kier alpha value is -1.26. The van der Waals surface area contributed by atoms with Crippen molar-refractivity contribution in [1.82, 2.24) is 0 Å². The van der Waals surface area contributed by atoms with Gasteiger partial charge in [-0.05, 0) is 42.1 Å². The van der Waals surface area contributed by atoms with Crippen molar-refractivity contribution in [3.63, 3.8) is 0 Å². The number of fused-ring (bicyclic) bond motifs is 1. The van der Waals surface area contributed by atoms with Crippen LogP contribution in [-0.2, 0) is 11.2 Å². The van der Waals surface area contributed by atoms with Crippen LogP contribution in [0.3, 0.4) is 0 Å². The van der Waals surface area contributed by atoms with Crippen LogP contribution in [0.1, 0.15) is 12.0 Å². The molecule has 5 heteroatoms. The predicted molar refractivity (Wildman–Crippen MR) is 59.7 cm³/mol. The first-order valence-corrected chi connectivity index (χ1v) is 5.38. The number of ether oxygens (including phenoxy) is 2. The number of benzene rings is 1. The first kappa shape index (κ1) is 11.2. The van der Waals surface area contributed by atoms with Gasteiger partial charge in [0.2, 0.25) is 12.0 Å². The third kappa shape index (κ3) is 2.46. The van der Waals surface area contributed by atoms with Gasteiger partial charge in [0, 0.05) is 0 Å². The summed E-state index contributed by atoms with van der Waals surface area (Å²) in [5, 5.41) is -0.499. The van der Waals surface area contributed by atoms with Gasteiger partial charge in [-0.25, -0.2) is 0 Å². The summed E-state index contributed by atoms with van der Waals surface area (Å²) in [6.45, 7) is 0.262. The van der Waals surface area contributed by atoms with Gasteiger partial charge in [-0.15, -0.1) is 0 Å².